The lowest BCUT2D eigenvalue weighted by molar-refractivity contribution is -0.139. The molecule has 4 atom stereocenters. The normalized spacial score (nSPS) is 18.1. The van der Waals surface area contributed by atoms with Gasteiger partial charge in [-0.15, -0.1) is 0 Å². The van der Waals surface area contributed by atoms with Gasteiger partial charge in [-0.2, -0.15) is 0 Å². The van der Waals surface area contributed by atoms with Crippen LogP contribution in [0.15, 0.2) is 91.0 Å². The van der Waals surface area contributed by atoms with Crippen LogP contribution in [0.2, 0.25) is 0 Å². The summed E-state index contributed by atoms with van der Waals surface area (Å²) in [5, 5.41) is 8.17. The highest BCUT2D eigenvalue weighted by atomic mass is 16.6. The van der Waals surface area contributed by atoms with Crippen molar-refractivity contribution in [2.45, 2.75) is 56.5 Å². The van der Waals surface area contributed by atoms with Crippen LogP contribution in [0.4, 0.5) is 4.79 Å². The summed E-state index contributed by atoms with van der Waals surface area (Å²) in [5.74, 6) is -1.64. The van der Waals surface area contributed by atoms with Crippen LogP contribution in [0.5, 0.6) is 0 Å². The lowest BCUT2D eigenvalue weighted by Crippen LogP contribution is -2.57. The maximum Gasteiger partial charge on any atom is 0.407 e. The van der Waals surface area contributed by atoms with Gasteiger partial charge in [0.2, 0.25) is 17.7 Å². The monoisotopic (exact) mass is 626 g/mol. The molecule has 5 rings (SSSR count). The molecule has 240 valence electrons. The minimum Gasteiger partial charge on any atom is -0.445 e. The summed E-state index contributed by atoms with van der Waals surface area (Å²) in [6, 6.07) is 25.1. The Morgan fingerprint density at radius 2 is 1.35 bits per heavy atom. The first-order valence-electron chi connectivity index (χ1n) is 15.5. The van der Waals surface area contributed by atoms with Crippen molar-refractivity contribution < 1.29 is 33.4 Å². The van der Waals surface area contributed by atoms with Gasteiger partial charge in [-0.05, 0) is 36.0 Å². The molecule has 46 heavy (non-hydrogen) atoms. The molecular formula is C35H38N4O7. The molecule has 2 fully saturated rings. The minimum absolute atomic E-state index is 0.0615. The molecule has 0 bridgehead atoms. The number of carbonyl (C=O) groups excluding carboxylic acids is 5. The Labute approximate surface area is 267 Å². The predicted octanol–water partition coefficient (Wildman–Crippen LogP) is 2.33. The number of likely N-dealkylation sites (tertiary alicyclic amines) is 1. The molecule has 0 radical (unpaired) electrons. The van der Waals surface area contributed by atoms with Gasteiger partial charge in [-0.3, -0.25) is 19.2 Å². The van der Waals surface area contributed by atoms with Crippen LogP contribution >= 0.6 is 0 Å². The van der Waals surface area contributed by atoms with E-state index in [0.29, 0.717) is 26.0 Å². The van der Waals surface area contributed by atoms with Crippen LogP contribution in [0, 0.1) is 0 Å². The van der Waals surface area contributed by atoms with E-state index in [1.807, 2.05) is 91.0 Å². The molecule has 0 spiro atoms. The molecule has 2 aliphatic rings. The second kappa shape index (κ2) is 15.8. The molecule has 2 saturated heterocycles. The first-order chi connectivity index (χ1) is 22.4. The number of rotatable bonds is 14. The third kappa shape index (κ3) is 9.24. The lowest BCUT2D eigenvalue weighted by Gasteiger charge is -2.27. The van der Waals surface area contributed by atoms with Crippen LogP contribution in [0.25, 0.3) is 0 Å². The van der Waals surface area contributed by atoms with Crippen LogP contribution in [-0.4, -0.2) is 78.4 Å². The van der Waals surface area contributed by atoms with Crippen molar-refractivity contribution in [3.05, 3.63) is 108 Å². The molecule has 0 aromatic heterocycles. The second-order valence-electron chi connectivity index (χ2n) is 11.4. The summed E-state index contributed by atoms with van der Waals surface area (Å²) in [6.45, 7) is 0.376. The van der Waals surface area contributed by atoms with E-state index in [9.17, 15) is 24.0 Å². The maximum absolute atomic E-state index is 13.7. The van der Waals surface area contributed by atoms with Crippen molar-refractivity contribution in [2.24, 2.45) is 0 Å². The van der Waals surface area contributed by atoms with Crippen molar-refractivity contribution in [3.8, 4) is 0 Å². The largest absolute Gasteiger partial charge is 0.445 e. The van der Waals surface area contributed by atoms with E-state index in [1.54, 1.807) is 0 Å². The van der Waals surface area contributed by atoms with Gasteiger partial charge < -0.3 is 30.3 Å². The van der Waals surface area contributed by atoms with Crippen molar-refractivity contribution in [3.63, 3.8) is 0 Å². The fraction of sp³-hybridized carbons (Fsp3) is 0.343. The Bertz CT molecular complexity index is 1500. The first-order valence-corrected chi connectivity index (χ1v) is 15.5. The van der Waals surface area contributed by atoms with E-state index in [2.05, 4.69) is 16.0 Å². The zero-order chi connectivity index (χ0) is 32.3. The predicted molar refractivity (Wildman–Crippen MR) is 168 cm³/mol. The van der Waals surface area contributed by atoms with Crippen molar-refractivity contribution in [1.82, 2.24) is 20.9 Å². The van der Waals surface area contributed by atoms with Crippen molar-refractivity contribution >= 4 is 29.6 Å². The Morgan fingerprint density at radius 1 is 0.783 bits per heavy atom. The average molecular weight is 627 g/mol. The van der Waals surface area contributed by atoms with E-state index in [4.69, 9.17) is 9.47 Å². The molecule has 0 aliphatic carbocycles. The Kier molecular flexibility index (Phi) is 11.1. The fourth-order valence-electron chi connectivity index (χ4n) is 5.47. The molecule has 3 aromatic rings. The Balaban J connectivity index is 1.22. The van der Waals surface area contributed by atoms with Crippen molar-refractivity contribution in [1.29, 1.82) is 0 Å². The highest BCUT2D eigenvalue weighted by molar-refractivity contribution is 5.97. The summed E-state index contributed by atoms with van der Waals surface area (Å²) in [6.07, 6.45) is 0.159. The topological polar surface area (TPSA) is 146 Å². The molecule has 3 aromatic carbocycles. The quantitative estimate of drug-likeness (QED) is 0.233. The minimum atomic E-state index is -1.01. The number of nitrogens with zero attached hydrogens (tertiary/aromatic N) is 1. The number of epoxide rings is 1. The number of amides is 4. The van der Waals surface area contributed by atoms with Gasteiger partial charge in [0.05, 0.1) is 12.6 Å². The maximum atomic E-state index is 13.7. The van der Waals surface area contributed by atoms with E-state index < -0.39 is 48.0 Å². The van der Waals surface area contributed by atoms with Crippen LogP contribution in [-0.2, 0) is 48.1 Å². The fourth-order valence-corrected chi connectivity index (χ4v) is 5.47. The first kappa shape index (κ1) is 32.4. The number of alkyl carbamates (subject to hydrolysis) is 1. The second-order valence-corrected chi connectivity index (χ2v) is 11.4. The number of Topliss-reactive ketones (excluding diaryl/α,β-unsaturated/α-hetero) is 1. The van der Waals surface area contributed by atoms with Gasteiger partial charge in [0.25, 0.3) is 0 Å². The number of nitrogens with one attached hydrogen (secondary N) is 3. The number of ketones is 1. The summed E-state index contributed by atoms with van der Waals surface area (Å²) in [7, 11) is 0. The molecule has 1 unspecified atom stereocenters. The number of hydrogen-bond donors (Lipinski definition) is 3. The average Bonchev–Trinajstić information content (AvgIpc) is 3.82. The van der Waals surface area contributed by atoms with E-state index in [1.165, 1.54) is 4.90 Å². The van der Waals surface area contributed by atoms with Gasteiger partial charge in [0.1, 0.15) is 31.3 Å². The molecule has 2 aliphatic heterocycles. The van der Waals surface area contributed by atoms with Gasteiger partial charge >= 0.3 is 6.09 Å². The SMILES string of the molecule is O=C(NCC(=O)N1CCC[C@H]1C(=O)N[C@@H](Cc1ccccc1)C(=O)N[C@@H](Cc1ccccc1)C(=O)C1CO1)OCc1ccccc1. The van der Waals surface area contributed by atoms with E-state index in [0.717, 1.165) is 16.7 Å². The third-order valence-corrected chi connectivity index (χ3v) is 7.98. The standard InChI is InChI=1S/C35H38N4O7/c40-31(21-36-35(44)46-22-26-15-8-3-9-16-26)39-18-10-17-29(39)34(43)38-28(20-25-13-6-2-7-14-25)33(42)37-27(32(41)30-23-45-30)19-24-11-4-1-5-12-24/h1-9,11-16,27-30H,10,17-23H2,(H,36,44)(H,37,42)(H,38,43)/t27-,28-,29-,30?/m0/s1. The summed E-state index contributed by atoms with van der Waals surface area (Å²) >= 11 is 0. The highest BCUT2D eigenvalue weighted by Crippen LogP contribution is 2.19. The Hall–Kier alpha value is -5.03. The van der Waals surface area contributed by atoms with E-state index >= 15 is 0 Å². The number of benzene rings is 3. The third-order valence-electron chi connectivity index (χ3n) is 7.98. The van der Waals surface area contributed by atoms with Gasteiger partial charge in [0, 0.05) is 13.0 Å². The zero-order valence-corrected chi connectivity index (χ0v) is 25.4. The van der Waals surface area contributed by atoms with Crippen LogP contribution in [0.3, 0.4) is 0 Å². The molecule has 2 heterocycles. The Morgan fingerprint density at radius 3 is 1.93 bits per heavy atom. The molecule has 3 N–H and O–H groups in total. The summed E-state index contributed by atoms with van der Waals surface area (Å²) < 4.78 is 10.4. The summed E-state index contributed by atoms with van der Waals surface area (Å²) in [4.78, 5) is 67.1. The zero-order valence-electron chi connectivity index (χ0n) is 25.4. The highest BCUT2D eigenvalue weighted by Gasteiger charge is 2.39. The van der Waals surface area contributed by atoms with Crippen LogP contribution < -0.4 is 16.0 Å². The number of hydrogen-bond acceptors (Lipinski definition) is 7. The summed E-state index contributed by atoms with van der Waals surface area (Å²) in [5.41, 5.74) is 2.51. The molecule has 11 nitrogen and oxygen atoms in total. The van der Waals surface area contributed by atoms with E-state index in [-0.39, 0.29) is 31.8 Å². The van der Waals surface area contributed by atoms with Crippen LogP contribution in [0.1, 0.15) is 29.5 Å². The molecular weight excluding hydrogens is 588 g/mol. The van der Waals surface area contributed by atoms with Gasteiger partial charge in [-0.1, -0.05) is 91.0 Å². The molecule has 4 amide bonds. The smallest absolute Gasteiger partial charge is 0.407 e. The molecule has 0 saturated carbocycles. The van der Waals surface area contributed by atoms with Gasteiger partial charge in [0.15, 0.2) is 5.78 Å². The van der Waals surface area contributed by atoms with Gasteiger partial charge in [-0.25, -0.2) is 4.79 Å². The number of ether oxygens (including phenoxy) is 2. The number of carbonyl (C=O) groups is 5. The lowest BCUT2D eigenvalue weighted by atomic mass is 9.99. The molecule has 11 heteroatoms. The van der Waals surface area contributed by atoms with Crippen molar-refractivity contribution in [2.75, 3.05) is 19.7 Å².